The zero-order valence-electron chi connectivity index (χ0n) is 15.0. The quantitative estimate of drug-likeness (QED) is 0.756. The summed E-state index contributed by atoms with van der Waals surface area (Å²) in [6.45, 7) is 4.63. The van der Waals surface area contributed by atoms with Crippen molar-refractivity contribution < 1.29 is 19.1 Å². The molecule has 1 aromatic carbocycles. The Morgan fingerprint density at radius 1 is 1.32 bits per heavy atom. The fourth-order valence-electron chi connectivity index (χ4n) is 3.24. The summed E-state index contributed by atoms with van der Waals surface area (Å²) in [4.78, 5) is 23.6. The number of benzene rings is 1. The summed E-state index contributed by atoms with van der Waals surface area (Å²) in [5.41, 5.74) is 4.98. The standard InChI is InChI=1S/C19H28N2O4/c1-3-11-25-19(10-4-5-14(2)12-19)18(23)21-15-6-8-16(9-7-15)24-13-17(20)22/h6-9,14H,3-5,10-13H2,1-2H3,(H2,20,22)(H,21,23)/t14-,19-/m1/s1. The van der Waals surface area contributed by atoms with Gasteiger partial charge in [-0.25, -0.2) is 0 Å². The summed E-state index contributed by atoms with van der Waals surface area (Å²) in [7, 11) is 0. The second kappa shape index (κ2) is 8.85. The molecule has 0 aromatic heterocycles. The molecule has 0 bridgehead atoms. The van der Waals surface area contributed by atoms with Crippen molar-refractivity contribution in [3.8, 4) is 5.75 Å². The molecule has 1 aromatic rings. The maximum Gasteiger partial charge on any atom is 0.256 e. The van der Waals surface area contributed by atoms with Gasteiger partial charge in [-0.2, -0.15) is 0 Å². The van der Waals surface area contributed by atoms with Gasteiger partial charge in [-0.3, -0.25) is 9.59 Å². The predicted molar refractivity (Wildman–Crippen MR) is 96.4 cm³/mol. The number of primary amides is 1. The zero-order chi connectivity index (χ0) is 18.3. The highest BCUT2D eigenvalue weighted by Crippen LogP contribution is 2.36. The number of rotatable bonds is 8. The molecule has 1 aliphatic rings. The Balaban J connectivity index is 2.03. The van der Waals surface area contributed by atoms with Gasteiger partial charge in [0.05, 0.1) is 0 Å². The van der Waals surface area contributed by atoms with E-state index in [0.717, 1.165) is 32.1 Å². The first-order chi connectivity index (χ1) is 11.9. The molecule has 1 saturated carbocycles. The van der Waals surface area contributed by atoms with E-state index in [9.17, 15) is 9.59 Å². The van der Waals surface area contributed by atoms with Crippen LogP contribution in [0.5, 0.6) is 5.75 Å². The van der Waals surface area contributed by atoms with Crippen molar-refractivity contribution in [2.45, 2.75) is 51.6 Å². The highest BCUT2D eigenvalue weighted by molar-refractivity contribution is 5.97. The average molecular weight is 348 g/mol. The summed E-state index contributed by atoms with van der Waals surface area (Å²) in [5, 5.41) is 2.96. The summed E-state index contributed by atoms with van der Waals surface area (Å²) in [6, 6.07) is 6.88. The van der Waals surface area contributed by atoms with Crippen LogP contribution in [-0.2, 0) is 14.3 Å². The average Bonchev–Trinajstić information content (AvgIpc) is 2.59. The summed E-state index contributed by atoms with van der Waals surface area (Å²) < 4.78 is 11.2. The molecule has 0 spiro atoms. The lowest BCUT2D eigenvalue weighted by atomic mass is 9.78. The van der Waals surface area contributed by atoms with E-state index in [-0.39, 0.29) is 12.5 Å². The summed E-state index contributed by atoms with van der Waals surface area (Å²) in [6.07, 6.45) is 4.52. The lowest BCUT2D eigenvalue weighted by molar-refractivity contribution is -0.148. The van der Waals surface area contributed by atoms with E-state index in [1.54, 1.807) is 24.3 Å². The summed E-state index contributed by atoms with van der Waals surface area (Å²) in [5.74, 6) is 0.387. The Labute approximate surface area is 149 Å². The van der Waals surface area contributed by atoms with Gasteiger partial charge >= 0.3 is 0 Å². The smallest absolute Gasteiger partial charge is 0.256 e. The molecular weight excluding hydrogens is 320 g/mol. The molecule has 0 saturated heterocycles. The number of nitrogens with one attached hydrogen (secondary N) is 1. The minimum atomic E-state index is -0.741. The number of hydrogen-bond acceptors (Lipinski definition) is 4. The third kappa shape index (κ3) is 5.46. The topological polar surface area (TPSA) is 90.7 Å². The number of hydrogen-bond donors (Lipinski definition) is 2. The predicted octanol–water partition coefficient (Wildman–Crippen LogP) is 2.86. The first kappa shape index (κ1) is 19.2. The van der Waals surface area contributed by atoms with Crippen LogP contribution in [0, 0.1) is 5.92 Å². The second-order valence-electron chi connectivity index (χ2n) is 6.78. The van der Waals surface area contributed by atoms with E-state index < -0.39 is 11.5 Å². The lowest BCUT2D eigenvalue weighted by Gasteiger charge is -2.38. The van der Waals surface area contributed by atoms with Crippen molar-refractivity contribution >= 4 is 17.5 Å². The van der Waals surface area contributed by atoms with Gasteiger partial charge in [0.1, 0.15) is 11.4 Å². The highest BCUT2D eigenvalue weighted by atomic mass is 16.5. The van der Waals surface area contributed by atoms with Gasteiger partial charge in [-0.15, -0.1) is 0 Å². The molecule has 0 unspecified atom stereocenters. The molecule has 2 atom stereocenters. The number of carbonyl (C=O) groups excluding carboxylic acids is 2. The Hall–Kier alpha value is -2.08. The Kier molecular flexibility index (Phi) is 6.82. The van der Waals surface area contributed by atoms with Crippen LogP contribution in [0.15, 0.2) is 24.3 Å². The molecule has 25 heavy (non-hydrogen) atoms. The van der Waals surface area contributed by atoms with E-state index in [2.05, 4.69) is 12.2 Å². The van der Waals surface area contributed by atoms with Gasteiger partial charge < -0.3 is 20.5 Å². The monoisotopic (exact) mass is 348 g/mol. The normalized spacial score (nSPS) is 23.0. The maximum atomic E-state index is 12.9. The van der Waals surface area contributed by atoms with Crippen LogP contribution >= 0.6 is 0 Å². The molecule has 0 aliphatic heterocycles. The van der Waals surface area contributed by atoms with Crippen molar-refractivity contribution in [2.75, 3.05) is 18.5 Å². The number of anilines is 1. The first-order valence-corrected chi connectivity index (χ1v) is 8.92. The molecule has 0 radical (unpaired) electrons. The molecule has 138 valence electrons. The van der Waals surface area contributed by atoms with Crippen molar-refractivity contribution in [2.24, 2.45) is 11.7 Å². The van der Waals surface area contributed by atoms with E-state index in [4.69, 9.17) is 15.2 Å². The van der Waals surface area contributed by atoms with Crippen LogP contribution in [0.1, 0.15) is 46.0 Å². The summed E-state index contributed by atoms with van der Waals surface area (Å²) >= 11 is 0. The molecule has 0 heterocycles. The Morgan fingerprint density at radius 2 is 2.04 bits per heavy atom. The molecule has 2 rings (SSSR count). The number of carbonyl (C=O) groups is 2. The van der Waals surface area contributed by atoms with Crippen LogP contribution in [0.4, 0.5) is 5.69 Å². The third-order valence-electron chi connectivity index (χ3n) is 4.45. The van der Waals surface area contributed by atoms with Crippen LogP contribution in [0.2, 0.25) is 0 Å². The minimum absolute atomic E-state index is 0.0849. The SMILES string of the molecule is CCCO[C@]1(C(=O)Nc2ccc(OCC(N)=O)cc2)CCC[C@@H](C)C1. The van der Waals surface area contributed by atoms with Crippen molar-refractivity contribution in [1.29, 1.82) is 0 Å². The van der Waals surface area contributed by atoms with E-state index >= 15 is 0 Å². The minimum Gasteiger partial charge on any atom is -0.484 e. The lowest BCUT2D eigenvalue weighted by Crippen LogP contribution is -2.48. The third-order valence-corrected chi connectivity index (χ3v) is 4.45. The van der Waals surface area contributed by atoms with E-state index in [0.29, 0.717) is 24.0 Å². The van der Waals surface area contributed by atoms with Crippen LogP contribution < -0.4 is 15.8 Å². The molecule has 6 heteroatoms. The van der Waals surface area contributed by atoms with Gasteiger partial charge in [0, 0.05) is 12.3 Å². The van der Waals surface area contributed by atoms with E-state index in [1.165, 1.54) is 0 Å². The first-order valence-electron chi connectivity index (χ1n) is 8.92. The number of ether oxygens (including phenoxy) is 2. The zero-order valence-corrected chi connectivity index (χ0v) is 15.0. The Bertz CT molecular complexity index is 588. The fourth-order valence-corrected chi connectivity index (χ4v) is 3.24. The molecule has 2 amide bonds. The highest BCUT2D eigenvalue weighted by Gasteiger charge is 2.42. The van der Waals surface area contributed by atoms with Crippen molar-refractivity contribution in [3.05, 3.63) is 24.3 Å². The molecule has 3 N–H and O–H groups in total. The molecular formula is C19H28N2O4. The number of amides is 2. The van der Waals surface area contributed by atoms with Crippen LogP contribution in [0.25, 0.3) is 0 Å². The van der Waals surface area contributed by atoms with Gasteiger partial charge in [0.2, 0.25) is 0 Å². The van der Waals surface area contributed by atoms with Crippen LogP contribution in [-0.4, -0.2) is 30.6 Å². The molecule has 1 fully saturated rings. The van der Waals surface area contributed by atoms with Crippen molar-refractivity contribution in [1.82, 2.24) is 0 Å². The van der Waals surface area contributed by atoms with Gasteiger partial charge in [0.15, 0.2) is 6.61 Å². The van der Waals surface area contributed by atoms with E-state index in [1.807, 2.05) is 6.92 Å². The largest absolute Gasteiger partial charge is 0.484 e. The maximum absolute atomic E-state index is 12.9. The second-order valence-corrected chi connectivity index (χ2v) is 6.78. The molecule has 1 aliphatic carbocycles. The van der Waals surface area contributed by atoms with Crippen LogP contribution in [0.3, 0.4) is 0 Å². The Morgan fingerprint density at radius 3 is 2.64 bits per heavy atom. The van der Waals surface area contributed by atoms with Gasteiger partial charge in [0.25, 0.3) is 11.8 Å². The molecule has 6 nitrogen and oxygen atoms in total. The number of nitrogens with two attached hydrogens (primary N) is 1. The van der Waals surface area contributed by atoms with Gasteiger partial charge in [-0.05, 0) is 55.9 Å². The fraction of sp³-hybridized carbons (Fsp3) is 0.579. The van der Waals surface area contributed by atoms with Crippen molar-refractivity contribution in [3.63, 3.8) is 0 Å². The van der Waals surface area contributed by atoms with Gasteiger partial charge in [-0.1, -0.05) is 20.3 Å².